The molecule has 10 nitrogen and oxygen atoms in total. The minimum absolute atomic E-state index is 0.261. The zero-order valence-corrected chi connectivity index (χ0v) is 29.9. The molecule has 52 heavy (non-hydrogen) atoms. The number of fused-ring (bicyclic) bond motifs is 2. The van der Waals surface area contributed by atoms with E-state index in [0.29, 0.717) is 54.0 Å². The number of nitrogens with zero attached hydrogens (tertiary/aromatic N) is 6. The Morgan fingerprint density at radius 3 is 2.15 bits per heavy atom. The number of nitrogens with one attached hydrogen (secondary N) is 1. The van der Waals surface area contributed by atoms with Crippen LogP contribution in [-0.4, -0.2) is 78.2 Å². The van der Waals surface area contributed by atoms with Gasteiger partial charge in [0.15, 0.2) is 5.82 Å². The van der Waals surface area contributed by atoms with Crippen molar-refractivity contribution in [1.29, 1.82) is 0 Å². The highest BCUT2D eigenvalue weighted by molar-refractivity contribution is 6.38. The molecule has 2 aromatic carbocycles. The number of hydrogen-bond donors (Lipinski definition) is 3. The fraction of sp³-hybridized carbons (Fsp3) is 0.275. The third-order valence-electron chi connectivity index (χ3n) is 10.0. The maximum atomic E-state index is 11.4. The maximum Gasteiger partial charge on any atom is 0.307 e. The van der Waals surface area contributed by atoms with Gasteiger partial charge in [0.25, 0.3) is 0 Å². The predicted molar refractivity (Wildman–Crippen MR) is 204 cm³/mol. The number of aliphatic carboxylic acids is 1. The predicted octanol–water partition coefficient (Wildman–Crippen LogP) is 7.35. The molecule has 2 fully saturated rings. The first-order valence-electron chi connectivity index (χ1n) is 17.4. The van der Waals surface area contributed by atoms with Gasteiger partial charge in [-0.1, -0.05) is 53.5 Å². The first-order chi connectivity index (χ1) is 25.3. The van der Waals surface area contributed by atoms with E-state index in [1.165, 1.54) is 0 Å². The molecule has 6 heterocycles. The highest BCUT2D eigenvalue weighted by atomic mass is 35.5. The minimum Gasteiger partial charge on any atom is -0.481 e. The van der Waals surface area contributed by atoms with Crippen molar-refractivity contribution in [2.75, 3.05) is 31.5 Å². The fourth-order valence-corrected chi connectivity index (χ4v) is 7.95. The topological polar surface area (TPSA) is 128 Å². The number of aromatic nitrogens is 4. The highest BCUT2D eigenvalue weighted by Crippen LogP contribution is 2.40. The Bertz CT molecular complexity index is 2300. The monoisotopic (exact) mass is 733 g/mol. The number of β-amino-alcohol motifs (C(OH)–C–C–N with tert-alkyl or cyclic N) is 1. The average molecular weight is 735 g/mol. The van der Waals surface area contributed by atoms with Gasteiger partial charge in [-0.15, -0.1) is 0 Å². The van der Waals surface area contributed by atoms with Gasteiger partial charge >= 0.3 is 5.97 Å². The van der Waals surface area contributed by atoms with Crippen LogP contribution in [0, 0.1) is 5.92 Å². The molecule has 2 saturated heterocycles. The summed E-state index contributed by atoms with van der Waals surface area (Å²) in [5.41, 5.74) is 7.64. The van der Waals surface area contributed by atoms with Gasteiger partial charge in [-0.25, -0.2) is 4.98 Å². The number of carboxylic acid groups (broad SMARTS) is 1. The molecule has 2 atom stereocenters. The van der Waals surface area contributed by atoms with E-state index in [-0.39, 0.29) is 12.0 Å². The van der Waals surface area contributed by atoms with E-state index < -0.39 is 5.97 Å². The lowest BCUT2D eigenvalue weighted by Crippen LogP contribution is -2.22. The van der Waals surface area contributed by atoms with Gasteiger partial charge in [0, 0.05) is 85.8 Å². The number of benzene rings is 2. The summed E-state index contributed by atoms with van der Waals surface area (Å²) in [6, 6.07) is 19.9. The summed E-state index contributed by atoms with van der Waals surface area (Å²) in [6.45, 7) is 4.27. The number of carboxylic acids is 1. The lowest BCUT2D eigenvalue weighted by atomic mass is 9.99. The Hall–Kier alpha value is -4.71. The molecule has 0 spiro atoms. The number of halogens is 2. The van der Waals surface area contributed by atoms with Crippen LogP contribution in [0.15, 0.2) is 85.5 Å². The number of hydrogen-bond acceptors (Lipinski definition) is 9. The maximum absolute atomic E-state index is 11.4. The van der Waals surface area contributed by atoms with Crippen molar-refractivity contribution in [3.63, 3.8) is 0 Å². The number of carbonyl (C=O) groups is 1. The van der Waals surface area contributed by atoms with E-state index in [2.05, 4.69) is 37.2 Å². The number of aliphatic hydroxyl groups excluding tert-OH is 1. The number of rotatable bonds is 10. The summed E-state index contributed by atoms with van der Waals surface area (Å²) in [4.78, 5) is 34.7. The standard InChI is InChI=1S/C40H37Cl2N7O3/c41-35-26(17-34-37-27(7-11-43-34)15-24(18-45-37)20-48-13-9-29(22-48)40(51)52)3-1-4-31(35)32-5-2-6-33(36(32)42)47-39-38-28(8-12-44-39)16-25(19-46-38)21-49-14-10-30(50)23-49/h1-8,11-12,15-16,18-19,29-30,50H,9-10,13-14,17,20-23H2,(H,44,47)(H,51,52)/t29-,30-/m1/s1. The molecule has 264 valence electrons. The van der Waals surface area contributed by atoms with Gasteiger partial charge in [-0.3, -0.25) is 29.5 Å². The summed E-state index contributed by atoms with van der Waals surface area (Å²) in [5, 5.41) is 25.7. The Morgan fingerprint density at radius 1 is 0.788 bits per heavy atom. The molecule has 4 aromatic heterocycles. The van der Waals surface area contributed by atoms with E-state index in [0.717, 1.165) is 81.4 Å². The van der Waals surface area contributed by atoms with Gasteiger partial charge in [0.05, 0.1) is 39.0 Å². The van der Waals surface area contributed by atoms with Gasteiger partial charge < -0.3 is 15.5 Å². The molecule has 0 radical (unpaired) electrons. The molecule has 0 amide bonds. The second-order valence-electron chi connectivity index (χ2n) is 13.7. The molecule has 6 aromatic rings. The quantitative estimate of drug-likeness (QED) is 0.131. The third-order valence-corrected chi connectivity index (χ3v) is 10.9. The van der Waals surface area contributed by atoms with E-state index in [1.807, 2.05) is 60.9 Å². The largest absolute Gasteiger partial charge is 0.481 e. The second kappa shape index (κ2) is 14.7. The third kappa shape index (κ3) is 7.17. The Balaban J connectivity index is 1.02. The molecule has 3 N–H and O–H groups in total. The Morgan fingerprint density at radius 2 is 1.44 bits per heavy atom. The van der Waals surface area contributed by atoms with Crippen LogP contribution < -0.4 is 5.32 Å². The molecular formula is C40H37Cl2N7O3. The molecule has 2 aliphatic rings. The number of anilines is 2. The summed E-state index contributed by atoms with van der Waals surface area (Å²) in [5.74, 6) is -0.443. The molecule has 2 aliphatic heterocycles. The molecule has 0 aliphatic carbocycles. The van der Waals surface area contributed by atoms with Crippen molar-refractivity contribution in [2.24, 2.45) is 5.92 Å². The molecule has 8 rings (SSSR count). The fourth-order valence-electron chi connectivity index (χ4n) is 7.38. The molecule has 0 unspecified atom stereocenters. The van der Waals surface area contributed by atoms with E-state index in [1.54, 1.807) is 12.4 Å². The van der Waals surface area contributed by atoms with Gasteiger partial charge in [-0.05, 0) is 66.4 Å². The zero-order chi connectivity index (χ0) is 35.8. The van der Waals surface area contributed by atoms with Crippen LogP contribution in [0.25, 0.3) is 32.9 Å². The average Bonchev–Trinajstić information content (AvgIpc) is 3.79. The molecule has 0 bridgehead atoms. The van der Waals surface area contributed by atoms with Gasteiger partial charge in [0.2, 0.25) is 0 Å². The van der Waals surface area contributed by atoms with E-state index in [4.69, 9.17) is 33.2 Å². The second-order valence-corrected chi connectivity index (χ2v) is 14.5. The van der Waals surface area contributed by atoms with Crippen molar-refractivity contribution in [3.8, 4) is 11.1 Å². The molecular weight excluding hydrogens is 697 g/mol. The Labute approximate surface area is 311 Å². The SMILES string of the molecule is O=C(O)[C@@H]1CCN(Cc2cnc3c(Cc4cccc(-c5cccc(Nc6nccc7cc(CN8CC[C@@H](O)C8)cnc67)c5Cl)c4Cl)nccc3c2)C1. The molecule has 0 saturated carbocycles. The van der Waals surface area contributed by atoms with Crippen molar-refractivity contribution in [1.82, 2.24) is 29.7 Å². The number of pyridine rings is 4. The van der Waals surface area contributed by atoms with Crippen LogP contribution in [0.1, 0.15) is 35.2 Å². The minimum atomic E-state index is -0.731. The Kier molecular flexibility index (Phi) is 9.74. The van der Waals surface area contributed by atoms with Gasteiger partial charge in [-0.2, -0.15) is 0 Å². The summed E-state index contributed by atoms with van der Waals surface area (Å²) in [6.07, 6.45) is 8.96. The van der Waals surface area contributed by atoms with Crippen molar-refractivity contribution in [3.05, 3.63) is 118 Å². The van der Waals surface area contributed by atoms with E-state index >= 15 is 0 Å². The smallest absolute Gasteiger partial charge is 0.307 e. The normalized spacial score (nSPS) is 18.1. The first-order valence-corrected chi connectivity index (χ1v) is 18.2. The van der Waals surface area contributed by atoms with Crippen LogP contribution in [0.3, 0.4) is 0 Å². The highest BCUT2D eigenvalue weighted by Gasteiger charge is 2.28. The van der Waals surface area contributed by atoms with Crippen LogP contribution in [0.2, 0.25) is 10.0 Å². The van der Waals surface area contributed by atoms with Crippen molar-refractivity contribution < 1.29 is 15.0 Å². The van der Waals surface area contributed by atoms with E-state index in [9.17, 15) is 15.0 Å². The summed E-state index contributed by atoms with van der Waals surface area (Å²) < 4.78 is 0. The van der Waals surface area contributed by atoms with Crippen LogP contribution in [-0.2, 0) is 24.3 Å². The lowest BCUT2D eigenvalue weighted by molar-refractivity contribution is -0.141. The van der Waals surface area contributed by atoms with Crippen LogP contribution in [0.5, 0.6) is 0 Å². The van der Waals surface area contributed by atoms with Crippen LogP contribution in [0.4, 0.5) is 11.5 Å². The van der Waals surface area contributed by atoms with Crippen molar-refractivity contribution in [2.45, 2.75) is 38.5 Å². The van der Waals surface area contributed by atoms with Crippen molar-refractivity contribution >= 4 is 62.5 Å². The molecule has 12 heteroatoms. The number of aliphatic hydroxyl groups is 1. The first kappa shape index (κ1) is 34.4. The van der Waals surface area contributed by atoms with Gasteiger partial charge in [0.1, 0.15) is 5.52 Å². The lowest BCUT2D eigenvalue weighted by Gasteiger charge is -2.17. The van der Waals surface area contributed by atoms with Crippen LogP contribution >= 0.6 is 23.2 Å². The number of likely N-dealkylation sites (tertiary alicyclic amines) is 2. The summed E-state index contributed by atoms with van der Waals surface area (Å²) >= 11 is 14.2. The summed E-state index contributed by atoms with van der Waals surface area (Å²) in [7, 11) is 0. The zero-order valence-electron chi connectivity index (χ0n) is 28.3.